The third-order valence-electron chi connectivity index (χ3n) is 4.16. The van der Waals surface area contributed by atoms with Gasteiger partial charge in [0.05, 0.1) is 37.2 Å². The van der Waals surface area contributed by atoms with Gasteiger partial charge in [-0.1, -0.05) is 0 Å². The number of fused-ring (bicyclic) bond motifs is 1. The fraction of sp³-hybridized carbons (Fsp3) is 0.412. The maximum atomic E-state index is 12.8. The Labute approximate surface area is 146 Å². The predicted molar refractivity (Wildman–Crippen MR) is 89.6 cm³/mol. The molecular weight excluding hydrogens is 322 g/mol. The first-order chi connectivity index (χ1) is 12.0. The summed E-state index contributed by atoms with van der Waals surface area (Å²) in [7, 11) is 3.38. The van der Waals surface area contributed by atoms with Crippen molar-refractivity contribution in [3.63, 3.8) is 0 Å². The van der Waals surface area contributed by atoms with Gasteiger partial charge in [0.25, 0.3) is 5.91 Å². The molecule has 0 radical (unpaired) electrons. The Balaban J connectivity index is 1.77. The normalized spacial score (nSPS) is 16.9. The van der Waals surface area contributed by atoms with Crippen molar-refractivity contribution in [1.29, 1.82) is 0 Å². The molecule has 2 aromatic rings. The SMILES string of the molecule is CN(C)C(=O)CO[C@@H]1CN(C(=O)c2ccnnc2)Cc2cccn2C1. The summed E-state index contributed by atoms with van der Waals surface area (Å²) >= 11 is 0. The lowest BCUT2D eigenvalue weighted by atomic mass is 10.2. The molecule has 1 atom stereocenters. The molecule has 132 valence electrons. The Morgan fingerprint density at radius 2 is 2.12 bits per heavy atom. The van der Waals surface area contributed by atoms with E-state index in [1.807, 2.05) is 18.3 Å². The number of carbonyl (C=O) groups is 2. The predicted octanol–water partition coefficient (Wildman–Crippen LogP) is 0.407. The third-order valence-corrected chi connectivity index (χ3v) is 4.16. The van der Waals surface area contributed by atoms with Crippen molar-refractivity contribution in [2.45, 2.75) is 19.2 Å². The van der Waals surface area contributed by atoms with Gasteiger partial charge in [0.15, 0.2) is 0 Å². The van der Waals surface area contributed by atoms with Gasteiger partial charge in [0.1, 0.15) is 6.61 Å². The quantitative estimate of drug-likeness (QED) is 0.803. The maximum absolute atomic E-state index is 12.8. The standard InChI is InChI=1S/C17H21N5O3/c1-20(2)16(23)12-25-15-10-21-7-3-4-14(21)9-22(11-15)17(24)13-5-6-18-19-8-13/h3-8,15H,9-12H2,1-2H3/t15-/m0/s1. The Hall–Kier alpha value is -2.74. The van der Waals surface area contributed by atoms with Crippen LogP contribution in [0, 0.1) is 0 Å². The lowest BCUT2D eigenvalue weighted by Gasteiger charge is -2.24. The molecule has 3 heterocycles. The number of ether oxygens (including phenoxy) is 1. The molecule has 0 N–H and O–H groups in total. The summed E-state index contributed by atoms with van der Waals surface area (Å²) in [6, 6.07) is 5.57. The topological polar surface area (TPSA) is 80.6 Å². The molecule has 8 nitrogen and oxygen atoms in total. The number of hydrogen-bond acceptors (Lipinski definition) is 5. The van der Waals surface area contributed by atoms with E-state index in [2.05, 4.69) is 14.8 Å². The van der Waals surface area contributed by atoms with Gasteiger partial charge < -0.3 is 19.1 Å². The van der Waals surface area contributed by atoms with Crippen LogP contribution in [0.4, 0.5) is 0 Å². The largest absolute Gasteiger partial charge is 0.365 e. The summed E-state index contributed by atoms with van der Waals surface area (Å²) in [6.07, 6.45) is 4.65. The van der Waals surface area contributed by atoms with Gasteiger partial charge in [-0.25, -0.2) is 0 Å². The number of nitrogens with zero attached hydrogens (tertiary/aromatic N) is 5. The average molecular weight is 343 g/mol. The Kier molecular flexibility index (Phi) is 5.08. The summed E-state index contributed by atoms with van der Waals surface area (Å²) in [5.74, 6) is -0.231. The highest BCUT2D eigenvalue weighted by atomic mass is 16.5. The van der Waals surface area contributed by atoms with E-state index in [-0.39, 0.29) is 24.5 Å². The molecule has 2 amide bonds. The monoisotopic (exact) mass is 343 g/mol. The van der Waals surface area contributed by atoms with Gasteiger partial charge >= 0.3 is 0 Å². The number of likely N-dealkylation sites (N-methyl/N-ethyl adjacent to an activating group) is 1. The summed E-state index contributed by atoms with van der Waals surface area (Å²) in [5, 5.41) is 7.48. The third kappa shape index (κ3) is 4.03. The number of rotatable bonds is 4. The van der Waals surface area contributed by atoms with Gasteiger partial charge in [-0.2, -0.15) is 10.2 Å². The van der Waals surface area contributed by atoms with Gasteiger partial charge in [0.2, 0.25) is 5.91 Å². The first-order valence-corrected chi connectivity index (χ1v) is 8.06. The minimum absolute atomic E-state index is 0.00683. The molecule has 1 aliphatic rings. The maximum Gasteiger partial charge on any atom is 0.255 e. The molecule has 0 spiro atoms. The molecule has 8 heteroatoms. The van der Waals surface area contributed by atoms with Gasteiger partial charge in [0, 0.05) is 32.5 Å². The molecule has 0 fully saturated rings. The first kappa shape index (κ1) is 17.1. The number of amides is 2. The second-order valence-corrected chi connectivity index (χ2v) is 6.19. The summed E-state index contributed by atoms with van der Waals surface area (Å²) in [5.41, 5.74) is 1.51. The van der Waals surface area contributed by atoms with Crippen molar-refractivity contribution in [2.24, 2.45) is 0 Å². The van der Waals surface area contributed by atoms with Gasteiger partial charge in [-0.3, -0.25) is 9.59 Å². The number of aromatic nitrogens is 3. The van der Waals surface area contributed by atoms with E-state index >= 15 is 0 Å². The van der Waals surface area contributed by atoms with Crippen LogP contribution in [-0.2, 0) is 22.6 Å². The van der Waals surface area contributed by atoms with Crippen LogP contribution in [0.3, 0.4) is 0 Å². The molecule has 3 rings (SSSR count). The molecule has 0 saturated heterocycles. The highest BCUT2D eigenvalue weighted by molar-refractivity contribution is 5.93. The van der Waals surface area contributed by atoms with Crippen LogP contribution in [0.5, 0.6) is 0 Å². The van der Waals surface area contributed by atoms with E-state index < -0.39 is 0 Å². The van der Waals surface area contributed by atoms with Crippen molar-refractivity contribution < 1.29 is 14.3 Å². The van der Waals surface area contributed by atoms with E-state index in [0.29, 0.717) is 25.2 Å². The highest BCUT2D eigenvalue weighted by Crippen LogP contribution is 2.17. The smallest absolute Gasteiger partial charge is 0.255 e. The zero-order chi connectivity index (χ0) is 17.8. The summed E-state index contributed by atoms with van der Waals surface area (Å²) in [4.78, 5) is 27.8. The molecule has 0 unspecified atom stereocenters. The Morgan fingerprint density at radius 1 is 1.28 bits per heavy atom. The van der Waals surface area contributed by atoms with Crippen molar-refractivity contribution >= 4 is 11.8 Å². The zero-order valence-corrected chi connectivity index (χ0v) is 14.3. The van der Waals surface area contributed by atoms with Gasteiger partial charge in [-0.15, -0.1) is 0 Å². The van der Waals surface area contributed by atoms with Crippen molar-refractivity contribution in [3.8, 4) is 0 Å². The lowest BCUT2D eigenvalue weighted by molar-refractivity contribution is -0.136. The molecule has 0 aromatic carbocycles. The molecule has 0 aliphatic carbocycles. The fourth-order valence-corrected chi connectivity index (χ4v) is 2.73. The fourth-order valence-electron chi connectivity index (χ4n) is 2.73. The molecule has 2 aromatic heterocycles. The number of hydrogen-bond donors (Lipinski definition) is 0. The van der Waals surface area contributed by atoms with Gasteiger partial charge in [-0.05, 0) is 18.2 Å². The van der Waals surface area contributed by atoms with E-state index in [4.69, 9.17) is 4.74 Å². The van der Waals surface area contributed by atoms with Crippen molar-refractivity contribution in [1.82, 2.24) is 24.6 Å². The summed E-state index contributed by atoms with van der Waals surface area (Å²) < 4.78 is 7.85. The van der Waals surface area contributed by atoms with Crippen LogP contribution >= 0.6 is 0 Å². The average Bonchev–Trinajstić information content (AvgIpc) is 2.97. The molecule has 1 aliphatic heterocycles. The van der Waals surface area contributed by atoms with Crippen molar-refractivity contribution in [3.05, 3.63) is 48.0 Å². The first-order valence-electron chi connectivity index (χ1n) is 8.06. The highest BCUT2D eigenvalue weighted by Gasteiger charge is 2.26. The molecule has 0 bridgehead atoms. The lowest BCUT2D eigenvalue weighted by Crippen LogP contribution is -2.39. The Morgan fingerprint density at radius 3 is 2.84 bits per heavy atom. The minimum atomic E-state index is -0.267. The second-order valence-electron chi connectivity index (χ2n) is 6.19. The Bertz CT molecular complexity index is 744. The van der Waals surface area contributed by atoms with Crippen LogP contribution in [0.1, 0.15) is 16.1 Å². The molecule has 0 saturated carbocycles. The summed E-state index contributed by atoms with van der Waals surface area (Å²) in [6.45, 7) is 1.48. The van der Waals surface area contributed by atoms with E-state index in [0.717, 1.165) is 5.69 Å². The van der Waals surface area contributed by atoms with Crippen molar-refractivity contribution in [2.75, 3.05) is 27.2 Å². The minimum Gasteiger partial charge on any atom is -0.365 e. The molecular formula is C17H21N5O3. The van der Waals surface area contributed by atoms with E-state index in [1.54, 1.807) is 25.1 Å². The molecule has 25 heavy (non-hydrogen) atoms. The second kappa shape index (κ2) is 7.43. The van der Waals surface area contributed by atoms with Crippen LogP contribution in [0.2, 0.25) is 0 Å². The zero-order valence-electron chi connectivity index (χ0n) is 14.3. The van der Waals surface area contributed by atoms with Crippen LogP contribution in [0.25, 0.3) is 0 Å². The number of carbonyl (C=O) groups excluding carboxylic acids is 2. The van der Waals surface area contributed by atoms with Crippen LogP contribution in [-0.4, -0.2) is 69.7 Å². The van der Waals surface area contributed by atoms with Crippen LogP contribution in [0.15, 0.2) is 36.8 Å². The van der Waals surface area contributed by atoms with Crippen LogP contribution < -0.4 is 0 Å². The van der Waals surface area contributed by atoms with E-state index in [9.17, 15) is 9.59 Å². The van der Waals surface area contributed by atoms with E-state index in [1.165, 1.54) is 17.3 Å².